The molecule has 4 atom stereocenters. The molecule has 0 aliphatic rings. The Bertz CT molecular complexity index is 796. The second-order valence-electron chi connectivity index (χ2n) is 7.03. The molecule has 10 N–H and O–H groups in total. The lowest BCUT2D eigenvalue weighted by Gasteiger charge is -2.19. The highest BCUT2D eigenvalue weighted by Gasteiger charge is 2.26. The normalized spacial score (nSPS) is 14.5. The summed E-state index contributed by atoms with van der Waals surface area (Å²) in [4.78, 5) is 42.2. The largest absolute Gasteiger partial charge is 0.480 e. The summed E-state index contributed by atoms with van der Waals surface area (Å²) >= 11 is 0. The van der Waals surface area contributed by atoms with Gasteiger partial charge in [-0.3, -0.25) is 4.79 Å². The number of nitrogens with one attached hydrogen (secondary N) is 2. The molecule has 32 heavy (non-hydrogen) atoms. The summed E-state index contributed by atoms with van der Waals surface area (Å²) in [6.45, 7) is 2.24. The smallest absolute Gasteiger partial charge is 0.326 e. The number of aliphatic imine (C=N–C) groups is 1. The number of carbonyl (C=O) groups is 3. The van der Waals surface area contributed by atoms with Crippen molar-refractivity contribution in [1.82, 2.24) is 20.8 Å². The summed E-state index contributed by atoms with van der Waals surface area (Å²) in [5.41, 5.74) is 16.6. The van der Waals surface area contributed by atoms with Gasteiger partial charge in [-0.1, -0.05) is 12.1 Å². The van der Waals surface area contributed by atoms with Crippen LogP contribution in [0.3, 0.4) is 0 Å². The van der Waals surface area contributed by atoms with E-state index in [9.17, 15) is 14.4 Å². The molecule has 0 aliphatic carbocycles. The highest BCUT2D eigenvalue weighted by Crippen LogP contribution is 2.16. The van der Waals surface area contributed by atoms with Crippen molar-refractivity contribution in [2.75, 3.05) is 13.2 Å². The molecule has 2 unspecified atom stereocenters. The Morgan fingerprint density at radius 2 is 1.97 bits per heavy atom. The zero-order valence-corrected chi connectivity index (χ0v) is 17.9. The Morgan fingerprint density at radius 3 is 2.53 bits per heavy atom. The lowest BCUT2D eigenvalue weighted by Crippen LogP contribution is -2.49. The van der Waals surface area contributed by atoms with Gasteiger partial charge in [0.1, 0.15) is 12.1 Å². The number of aliphatic hydroxyl groups is 1. The van der Waals surface area contributed by atoms with Crippen LogP contribution < -0.4 is 27.8 Å². The second kappa shape index (κ2) is 13.1. The number of aromatic nitrogens is 2. The Balaban J connectivity index is 2.57. The highest BCUT2D eigenvalue weighted by molar-refractivity contribution is 5.82. The van der Waals surface area contributed by atoms with Crippen LogP contribution in [0, 0.1) is 5.92 Å². The molecular formula is C17H30N8O7. The van der Waals surface area contributed by atoms with Crippen LogP contribution in [0.2, 0.25) is 0 Å². The fourth-order valence-corrected chi connectivity index (χ4v) is 2.52. The summed E-state index contributed by atoms with van der Waals surface area (Å²) < 4.78 is 10.2. The number of guanidine groups is 1. The van der Waals surface area contributed by atoms with E-state index < -0.39 is 48.7 Å². The molecule has 0 saturated carbocycles. The number of rotatable bonds is 13. The Kier molecular flexibility index (Phi) is 10.8. The minimum atomic E-state index is -1.28. The molecule has 0 aliphatic heterocycles. The van der Waals surface area contributed by atoms with Gasteiger partial charge in [-0.15, -0.1) is 0 Å². The number of carboxylic acid groups (broad SMARTS) is 1. The van der Waals surface area contributed by atoms with Crippen molar-refractivity contribution in [3.63, 3.8) is 0 Å². The van der Waals surface area contributed by atoms with Crippen molar-refractivity contribution >= 4 is 23.9 Å². The van der Waals surface area contributed by atoms with E-state index >= 15 is 0 Å². The van der Waals surface area contributed by atoms with E-state index in [-0.39, 0.29) is 30.8 Å². The number of aliphatic hydroxyl groups excluding tert-OH is 1. The molecule has 0 radical (unpaired) electrons. The molecule has 1 aromatic heterocycles. The Labute approximate surface area is 183 Å². The minimum Gasteiger partial charge on any atom is -0.480 e. The van der Waals surface area contributed by atoms with Crippen molar-refractivity contribution < 1.29 is 33.9 Å². The van der Waals surface area contributed by atoms with Crippen LogP contribution in [0.5, 0.6) is 0 Å². The molecule has 0 bridgehead atoms. The number of esters is 1. The van der Waals surface area contributed by atoms with Gasteiger partial charge in [0.25, 0.3) is 0 Å². The van der Waals surface area contributed by atoms with Gasteiger partial charge in [0.15, 0.2) is 11.8 Å². The summed E-state index contributed by atoms with van der Waals surface area (Å²) in [5, 5.41) is 26.6. The summed E-state index contributed by atoms with van der Waals surface area (Å²) in [5.74, 6) is -2.37. The second-order valence-corrected chi connectivity index (χ2v) is 7.03. The maximum atomic E-state index is 11.9. The fraction of sp³-hybridized carbons (Fsp3) is 0.647. The average Bonchev–Trinajstić information content (AvgIpc) is 3.20. The van der Waals surface area contributed by atoms with E-state index in [1.165, 1.54) is 13.8 Å². The van der Waals surface area contributed by atoms with Crippen molar-refractivity contribution in [2.24, 2.45) is 28.1 Å². The highest BCUT2D eigenvalue weighted by atomic mass is 16.5. The molecule has 1 aromatic rings. The van der Waals surface area contributed by atoms with Crippen molar-refractivity contribution in [2.45, 2.75) is 51.4 Å². The Hall–Kier alpha value is -3.46. The monoisotopic (exact) mass is 458 g/mol. The van der Waals surface area contributed by atoms with E-state index in [0.717, 1.165) is 0 Å². The fourth-order valence-electron chi connectivity index (χ4n) is 2.52. The molecule has 180 valence electrons. The summed E-state index contributed by atoms with van der Waals surface area (Å²) in [6, 6.07) is -2.71. The summed E-state index contributed by atoms with van der Waals surface area (Å²) in [6.07, 6.45) is 0.0761. The van der Waals surface area contributed by atoms with Crippen molar-refractivity contribution in [3.8, 4) is 0 Å². The van der Waals surface area contributed by atoms with E-state index in [1.807, 2.05) is 0 Å². The number of hydrogen-bond acceptors (Lipinski definition) is 10. The van der Waals surface area contributed by atoms with Crippen LogP contribution in [-0.4, -0.2) is 69.6 Å². The van der Waals surface area contributed by atoms with Crippen molar-refractivity contribution in [3.05, 3.63) is 11.7 Å². The van der Waals surface area contributed by atoms with Crippen LogP contribution >= 0.6 is 0 Å². The molecule has 2 amide bonds. The SMILES string of the molecule is CC(=O)OC(CC[C@H](N)c1noc(CNC(=O)N[C@H](C(=O)O)C(C)CO)n1)CN=C(N)N. The third-order valence-corrected chi connectivity index (χ3v) is 4.24. The number of aliphatic carboxylic acids is 1. The third kappa shape index (κ3) is 9.57. The van der Waals surface area contributed by atoms with E-state index in [0.29, 0.717) is 12.8 Å². The van der Waals surface area contributed by atoms with E-state index in [1.54, 1.807) is 0 Å². The predicted octanol–water partition coefficient (Wildman–Crippen LogP) is -2.06. The van der Waals surface area contributed by atoms with Gasteiger partial charge in [0, 0.05) is 19.4 Å². The van der Waals surface area contributed by atoms with Crippen LogP contribution in [-0.2, 0) is 20.9 Å². The zero-order chi connectivity index (χ0) is 24.3. The van der Waals surface area contributed by atoms with Gasteiger partial charge in [-0.2, -0.15) is 4.98 Å². The molecule has 0 aromatic carbocycles. The first-order valence-corrected chi connectivity index (χ1v) is 9.72. The van der Waals surface area contributed by atoms with Gasteiger partial charge in [0.05, 0.1) is 19.1 Å². The molecule has 1 heterocycles. The zero-order valence-electron chi connectivity index (χ0n) is 17.9. The average molecular weight is 458 g/mol. The van der Waals surface area contributed by atoms with Crippen LogP contribution in [0.4, 0.5) is 4.79 Å². The van der Waals surface area contributed by atoms with E-state index in [2.05, 4.69) is 25.8 Å². The first-order valence-electron chi connectivity index (χ1n) is 9.72. The van der Waals surface area contributed by atoms with Gasteiger partial charge < -0.3 is 47.3 Å². The standard InChI is InChI=1S/C17H30N8O7/c1-8(7-26)13(15(28)29)24-17(30)22-6-12-23-14(25-32-12)11(18)4-3-10(31-9(2)27)5-21-16(19)20/h8,10-11,13,26H,3-7,18H2,1-2H3,(H,28,29)(H4,19,20,21)(H2,22,24,30)/t8?,10?,11-,13-/m0/s1. The lowest BCUT2D eigenvalue weighted by atomic mass is 10.0. The molecule has 15 nitrogen and oxygen atoms in total. The molecule has 0 saturated heterocycles. The number of nitrogens with two attached hydrogens (primary N) is 3. The maximum Gasteiger partial charge on any atom is 0.326 e. The topological polar surface area (TPSA) is 254 Å². The van der Waals surface area contributed by atoms with Crippen LogP contribution in [0.25, 0.3) is 0 Å². The molecule has 0 fully saturated rings. The number of nitrogens with zero attached hydrogens (tertiary/aromatic N) is 3. The van der Waals surface area contributed by atoms with Gasteiger partial charge >= 0.3 is 18.0 Å². The van der Waals surface area contributed by atoms with Crippen LogP contribution in [0.1, 0.15) is 44.4 Å². The summed E-state index contributed by atoms with van der Waals surface area (Å²) in [7, 11) is 0. The maximum absolute atomic E-state index is 11.9. The van der Waals surface area contributed by atoms with Gasteiger partial charge in [-0.05, 0) is 12.8 Å². The molecular weight excluding hydrogens is 428 g/mol. The minimum absolute atomic E-state index is 0.0460. The lowest BCUT2D eigenvalue weighted by molar-refractivity contribution is -0.146. The number of carboxylic acids is 1. The third-order valence-electron chi connectivity index (χ3n) is 4.24. The number of amides is 2. The quantitative estimate of drug-likeness (QED) is 0.0956. The number of urea groups is 1. The predicted molar refractivity (Wildman–Crippen MR) is 110 cm³/mol. The first-order chi connectivity index (χ1) is 15.0. The van der Waals surface area contributed by atoms with Crippen LogP contribution in [0.15, 0.2) is 9.52 Å². The van der Waals surface area contributed by atoms with Gasteiger partial charge in [0.2, 0.25) is 5.89 Å². The molecule has 15 heteroatoms. The number of carbonyl (C=O) groups excluding carboxylic acids is 2. The van der Waals surface area contributed by atoms with Gasteiger partial charge in [-0.25, -0.2) is 14.6 Å². The first kappa shape index (κ1) is 26.6. The Morgan fingerprint density at radius 1 is 1.28 bits per heavy atom. The van der Waals surface area contributed by atoms with Crippen molar-refractivity contribution in [1.29, 1.82) is 0 Å². The number of hydrogen-bond donors (Lipinski definition) is 7. The molecule has 0 spiro atoms. The molecule has 1 rings (SSSR count). The number of ether oxygens (including phenoxy) is 1. The van der Waals surface area contributed by atoms with E-state index in [4.69, 9.17) is 36.7 Å².